The minimum absolute atomic E-state index is 0.206. The van der Waals surface area contributed by atoms with E-state index in [0.717, 1.165) is 30.1 Å². The molecule has 0 atom stereocenters. The maximum atomic E-state index is 11.9. The molecule has 5 heteroatoms. The summed E-state index contributed by atoms with van der Waals surface area (Å²) < 4.78 is 0. The first-order chi connectivity index (χ1) is 8.17. The van der Waals surface area contributed by atoms with Crippen molar-refractivity contribution in [3.05, 3.63) is 21.9 Å². The van der Waals surface area contributed by atoms with Crippen LogP contribution in [-0.4, -0.2) is 42.1 Å². The van der Waals surface area contributed by atoms with Crippen molar-refractivity contribution >= 4 is 40.3 Å². The van der Waals surface area contributed by atoms with E-state index in [9.17, 15) is 4.79 Å². The number of hydrogen-bond donors (Lipinski definition) is 0. The van der Waals surface area contributed by atoms with Gasteiger partial charge in [-0.2, -0.15) is 0 Å². The van der Waals surface area contributed by atoms with Crippen molar-refractivity contribution < 1.29 is 4.79 Å². The van der Waals surface area contributed by atoms with E-state index in [1.165, 1.54) is 11.3 Å². The normalized spacial score (nSPS) is 11.1. The topological polar surface area (TPSA) is 20.3 Å². The SMILES string of the molecule is Cc1csc(C(=O)CCN(CCCl)CCCl)c1. The fourth-order valence-corrected chi connectivity index (χ4v) is 2.88. The molecule has 17 heavy (non-hydrogen) atoms. The minimum atomic E-state index is 0.206. The first-order valence-corrected chi connectivity index (χ1v) is 7.55. The van der Waals surface area contributed by atoms with Gasteiger partial charge in [0.15, 0.2) is 5.78 Å². The molecule has 0 unspecified atom stereocenters. The number of carbonyl (C=O) groups excluding carboxylic acids is 1. The van der Waals surface area contributed by atoms with E-state index < -0.39 is 0 Å². The molecule has 0 saturated carbocycles. The molecule has 96 valence electrons. The summed E-state index contributed by atoms with van der Waals surface area (Å²) in [6.07, 6.45) is 0.535. The second kappa shape index (κ2) is 8.09. The number of hydrogen-bond acceptors (Lipinski definition) is 3. The summed E-state index contributed by atoms with van der Waals surface area (Å²) in [7, 11) is 0. The molecule has 0 amide bonds. The highest BCUT2D eigenvalue weighted by atomic mass is 35.5. The van der Waals surface area contributed by atoms with Crippen LogP contribution in [0.4, 0.5) is 0 Å². The molecule has 0 fully saturated rings. The van der Waals surface area contributed by atoms with Gasteiger partial charge < -0.3 is 4.90 Å². The zero-order valence-corrected chi connectivity index (χ0v) is 12.2. The van der Waals surface area contributed by atoms with Crippen LogP contribution in [0.5, 0.6) is 0 Å². The van der Waals surface area contributed by atoms with Gasteiger partial charge in [-0.1, -0.05) is 0 Å². The van der Waals surface area contributed by atoms with Gasteiger partial charge in [0, 0.05) is 37.8 Å². The third-order valence-electron chi connectivity index (χ3n) is 2.46. The number of rotatable bonds is 8. The van der Waals surface area contributed by atoms with Gasteiger partial charge in [0.05, 0.1) is 4.88 Å². The molecule has 2 nitrogen and oxygen atoms in total. The zero-order chi connectivity index (χ0) is 12.7. The Kier molecular flexibility index (Phi) is 7.12. The van der Waals surface area contributed by atoms with Crippen LogP contribution in [0, 0.1) is 6.92 Å². The molecule has 0 radical (unpaired) electrons. The molecule has 1 aromatic rings. The fraction of sp³-hybridized carbons (Fsp3) is 0.583. The molecule has 0 saturated heterocycles. The second-order valence-electron chi connectivity index (χ2n) is 3.88. The summed E-state index contributed by atoms with van der Waals surface area (Å²) in [6.45, 7) is 4.30. The number of aryl methyl sites for hydroxylation is 1. The van der Waals surface area contributed by atoms with Crippen LogP contribution < -0.4 is 0 Å². The third-order valence-corrected chi connectivity index (χ3v) is 3.89. The Morgan fingerprint density at radius 2 is 1.94 bits per heavy atom. The maximum absolute atomic E-state index is 11.9. The van der Waals surface area contributed by atoms with Crippen LogP contribution in [0.1, 0.15) is 21.7 Å². The number of halogens is 2. The number of thiophene rings is 1. The first kappa shape index (κ1) is 15.0. The van der Waals surface area contributed by atoms with Gasteiger partial charge >= 0.3 is 0 Å². The van der Waals surface area contributed by atoms with E-state index in [0.29, 0.717) is 18.2 Å². The predicted octanol–water partition coefficient (Wildman–Crippen LogP) is 3.41. The van der Waals surface area contributed by atoms with Crippen molar-refractivity contribution in [1.82, 2.24) is 4.90 Å². The van der Waals surface area contributed by atoms with Gasteiger partial charge in [-0.25, -0.2) is 0 Å². The highest BCUT2D eigenvalue weighted by Crippen LogP contribution is 2.15. The average Bonchev–Trinajstić information content (AvgIpc) is 2.73. The third kappa shape index (κ3) is 5.38. The summed E-state index contributed by atoms with van der Waals surface area (Å²) >= 11 is 12.9. The maximum Gasteiger partial charge on any atom is 0.174 e. The summed E-state index contributed by atoms with van der Waals surface area (Å²) in [5, 5.41) is 2.00. The van der Waals surface area contributed by atoms with Gasteiger partial charge in [-0.05, 0) is 23.9 Å². The van der Waals surface area contributed by atoms with E-state index >= 15 is 0 Å². The molecule has 0 N–H and O–H groups in total. The molecular formula is C12H17Cl2NOS. The van der Waals surface area contributed by atoms with Crippen molar-refractivity contribution in [2.45, 2.75) is 13.3 Å². The lowest BCUT2D eigenvalue weighted by molar-refractivity contribution is 0.0970. The Hall–Kier alpha value is -0.0900. The van der Waals surface area contributed by atoms with Gasteiger partial charge in [-0.3, -0.25) is 4.79 Å². The molecule has 1 rings (SSSR count). The lowest BCUT2D eigenvalue weighted by Crippen LogP contribution is -2.30. The van der Waals surface area contributed by atoms with Crippen LogP contribution in [0.15, 0.2) is 11.4 Å². The lowest BCUT2D eigenvalue weighted by Gasteiger charge is -2.18. The van der Waals surface area contributed by atoms with Crippen LogP contribution >= 0.6 is 34.5 Å². The Morgan fingerprint density at radius 1 is 1.29 bits per heavy atom. The van der Waals surface area contributed by atoms with Gasteiger partial charge in [0.1, 0.15) is 0 Å². The Morgan fingerprint density at radius 3 is 2.41 bits per heavy atom. The number of Topliss-reactive ketones (excluding diaryl/α,β-unsaturated/α-hetero) is 1. The van der Waals surface area contributed by atoms with Crippen molar-refractivity contribution in [3.63, 3.8) is 0 Å². The molecule has 0 aliphatic carbocycles. The van der Waals surface area contributed by atoms with E-state index in [2.05, 4.69) is 4.90 Å². The smallest absolute Gasteiger partial charge is 0.174 e. The van der Waals surface area contributed by atoms with Crippen molar-refractivity contribution in [2.24, 2.45) is 0 Å². The monoisotopic (exact) mass is 293 g/mol. The minimum Gasteiger partial charge on any atom is -0.301 e. The fourth-order valence-electron chi connectivity index (χ4n) is 1.53. The van der Waals surface area contributed by atoms with Crippen LogP contribution in [-0.2, 0) is 0 Å². The molecule has 0 aliphatic rings. The van der Waals surface area contributed by atoms with Crippen LogP contribution in [0.25, 0.3) is 0 Å². The molecular weight excluding hydrogens is 277 g/mol. The molecule has 1 aromatic heterocycles. The van der Waals surface area contributed by atoms with Crippen molar-refractivity contribution in [3.8, 4) is 0 Å². The van der Waals surface area contributed by atoms with Crippen LogP contribution in [0.3, 0.4) is 0 Å². The van der Waals surface area contributed by atoms with Gasteiger partial charge in [-0.15, -0.1) is 34.5 Å². The first-order valence-electron chi connectivity index (χ1n) is 5.60. The highest BCUT2D eigenvalue weighted by molar-refractivity contribution is 7.12. The van der Waals surface area contributed by atoms with Crippen LogP contribution in [0.2, 0.25) is 0 Å². The Balaban J connectivity index is 2.40. The molecule has 0 spiro atoms. The summed E-state index contributed by atoms with van der Waals surface area (Å²) in [5.74, 6) is 1.35. The van der Waals surface area contributed by atoms with E-state index in [4.69, 9.17) is 23.2 Å². The standard InChI is InChI=1S/C12H17Cl2NOS/c1-10-8-12(17-9-10)11(16)2-5-15(6-3-13)7-4-14/h8-9H,2-7H2,1H3. The largest absolute Gasteiger partial charge is 0.301 e. The zero-order valence-electron chi connectivity index (χ0n) is 9.92. The second-order valence-corrected chi connectivity index (χ2v) is 5.55. The summed E-state index contributed by atoms with van der Waals surface area (Å²) in [5.41, 5.74) is 1.15. The molecule has 1 heterocycles. The number of nitrogens with zero attached hydrogens (tertiary/aromatic N) is 1. The van der Waals surface area contributed by atoms with E-state index in [1.54, 1.807) is 0 Å². The molecule has 0 aromatic carbocycles. The Bertz CT molecular complexity index is 348. The van der Waals surface area contributed by atoms with Crippen molar-refractivity contribution in [2.75, 3.05) is 31.4 Å². The lowest BCUT2D eigenvalue weighted by atomic mass is 10.2. The summed E-state index contributed by atoms with van der Waals surface area (Å²) in [6, 6.07) is 1.94. The Labute approximate surface area is 117 Å². The number of alkyl halides is 2. The average molecular weight is 294 g/mol. The quantitative estimate of drug-likeness (QED) is 0.541. The van der Waals surface area contributed by atoms with E-state index in [-0.39, 0.29) is 5.78 Å². The highest BCUT2D eigenvalue weighted by Gasteiger charge is 2.11. The van der Waals surface area contributed by atoms with Crippen molar-refractivity contribution in [1.29, 1.82) is 0 Å². The molecule has 0 aliphatic heterocycles. The summed E-state index contributed by atoms with van der Waals surface area (Å²) in [4.78, 5) is 14.9. The van der Waals surface area contributed by atoms with Gasteiger partial charge in [0.2, 0.25) is 0 Å². The van der Waals surface area contributed by atoms with Gasteiger partial charge in [0.25, 0.3) is 0 Å². The predicted molar refractivity (Wildman–Crippen MR) is 75.9 cm³/mol. The number of ketones is 1. The number of carbonyl (C=O) groups is 1. The molecule has 0 bridgehead atoms. The van der Waals surface area contributed by atoms with E-state index in [1.807, 2.05) is 18.4 Å².